The fourth-order valence-corrected chi connectivity index (χ4v) is 2.89. The number of benzene rings is 1. The molecule has 1 saturated carbocycles. The van der Waals surface area contributed by atoms with E-state index < -0.39 is 0 Å². The van der Waals surface area contributed by atoms with Crippen molar-refractivity contribution in [3.05, 3.63) is 53.6 Å². The summed E-state index contributed by atoms with van der Waals surface area (Å²) < 4.78 is 15.4. The molecule has 5 nitrogen and oxygen atoms in total. The Balaban J connectivity index is 0.00000225. The molecule has 0 saturated heterocycles. The van der Waals surface area contributed by atoms with Gasteiger partial charge in [-0.1, -0.05) is 12.1 Å². The van der Waals surface area contributed by atoms with Crippen molar-refractivity contribution in [3.8, 4) is 0 Å². The third-order valence-corrected chi connectivity index (χ3v) is 4.50. The molecule has 1 heterocycles. The highest BCUT2D eigenvalue weighted by molar-refractivity contribution is 14.0. The number of nitrogens with one attached hydrogen (secondary N) is 2. The summed E-state index contributed by atoms with van der Waals surface area (Å²) in [6, 6.07) is 6.92. The van der Waals surface area contributed by atoms with Crippen molar-refractivity contribution in [2.24, 2.45) is 4.99 Å². The highest BCUT2D eigenvalue weighted by Gasteiger charge is 2.44. The molecular weight excluding hydrogens is 432 g/mol. The number of hydrogen-bond acceptors (Lipinski definition) is 2. The van der Waals surface area contributed by atoms with Crippen molar-refractivity contribution < 1.29 is 4.39 Å². The lowest BCUT2D eigenvalue weighted by Crippen LogP contribution is -2.42. The zero-order valence-corrected chi connectivity index (χ0v) is 17.0. The number of aryl methyl sites for hydroxylation is 1. The van der Waals surface area contributed by atoms with Gasteiger partial charge in [-0.25, -0.2) is 4.39 Å². The van der Waals surface area contributed by atoms with E-state index in [4.69, 9.17) is 0 Å². The third kappa shape index (κ3) is 5.17. The van der Waals surface area contributed by atoms with Crippen LogP contribution in [0.15, 0.2) is 41.7 Å². The van der Waals surface area contributed by atoms with Gasteiger partial charge in [0.25, 0.3) is 0 Å². The van der Waals surface area contributed by atoms with Gasteiger partial charge in [-0.15, -0.1) is 24.0 Å². The van der Waals surface area contributed by atoms with Crippen LogP contribution in [0.25, 0.3) is 0 Å². The number of aromatic nitrogens is 2. The average molecular weight is 457 g/mol. The van der Waals surface area contributed by atoms with Crippen LogP contribution in [0.4, 0.5) is 4.39 Å². The largest absolute Gasteiger partial charge is 0.356 e. The van der Waals surface area contributed by atoms with Crippen molar-refractivity contribution in [2.45, 2.75) is 31.7 Å². The van der Waals surface area contributed by atoms with Gasteiger partial charge in [0.15, 0.2) is 5.96 Å². The molecule has 0 atom stereocenters. The minimum atomic E-state index is -0.171. The summed E-state index contributed by atoms with van der Waals surface area (Å²) in [5, 5.41) is 10.9. The molecule has 1 fully saturated rings. The molecular formula is C18H25FIN5. The maximum absolute atomic E-state index is 13.5. The van der Waals surface area contributed by atoms with Crippen LogP contribution in [0.5, 0.6) is 0 Å². The van der Waals surface area contributed by atoms with Gasteiger partial charge < -0.3 is 10.6 Å². The minimum Gasteiger partial charge on any atom is -0.356 e. The van der Waals surface area contributed by atoms with E-state index in [-0.39, 0.29) is 35.2 Å². The summed E-state index contributed by atoms with van der Waals surface area (Å²) in [6.45, 7) is 4.31. The third-order valence-electron chi connectivity index (χ3n) is 4.50. The van der Waals surface area contributed by atoms with Crippen LogP contribution in [0.3, 0.4) is 0 Å². The maximum atomic E-state index is 13.5. The van der Waals surface area contributed by atoms with E-state index >= 15 is 0 Å². The second kappa shape index (κ2) is 8.64. The van der Waals surface area contributed by atoms with E-state index in [0.717, 1.165) is 49.6 Å². The van der Waals surface area contributed by atoms with Crippen molar-refractivity contribution in [2.75, 3.05) is 20.1 Å². The van der Waals surface area contributed by atoms with E-state index in [9.17, 15) is 4.39 Å². The Morgan fingerprint density at radius 3 is 2.76 bits per heavy atom. The Morgan fingerprint density at radius 1 is 1.36 bits per heavy atom. The molecule has 7 heteroatoms. The standard InChI is InChI=1S/C18H24FN5.HI/c1-14-11-23-24(12-14)9-8-21-17(20-2)22-13-18(6-7-18)15-4-3-5-16(19)10-15;/h3-5,10-12H,6-9,13H2,1-2H3,(H2,20,21,22);1H. The molecule has 136 valence electrons. The van der Waals surface area contributed by atoms with Gasteiger partial charge in [0.1, 0.15) is 5.82 Å². The summed E-state index contributed by atoms with van der Waals surface area (Å²) in [5.41, 5.74) is 2.26. The van der Waals surface area contributed by atoms with Crippen LogP contribution in [-0.2, 0) is 12.0 Å². The fourth-order valence-electron chi connectivity index (χ4n) is 2.89. The molecule has 0 bridgehead atoms. The van der Waals surface area contributed by atoms with E-state index in [1.807, 2.05) is 30.1 Å². The van der Waals surface area contributed by atoms with Crippen LogP contribution in [0.1, 0.15) is 24.0 Å². The Bertz CT molecular complexity index is 724. The molecule has 25 heavy (non-hydrogen) atoms. The van der Waals surface area contributed by atoms with Gasteiger partial charge in [0.2, 0.25) is 0 Å². The zero-order valence-electron chi connectivity index (χ0n) is 14.6. The lowest BCUT2D eigenvalue weighted by molar-refractivity contribution is 0.587. The second-order valence-electron chi connectivity index (χ2n) is 6.42. The lowest BCUT2D eigenvalue weighted by atomic mass is 9.96. The van der Waals surface area contributed by atoms with Crippen molar-refractivity contribution in [1.29, 1.82) is 0 Å². The predicted molar refractivity (Wildman–Crippen MR) is 109 cm³/mol. The number of guanidine groups is 1. The molecule has 0 amide bonds. The SMILES string of the molecule is CN=C(NCCn1cc(C)cn1)NCC1(c2cccc(F)c2)CC1.I. The normalized spacial score (nSPS) is 15.4. The van der Waals surface area contributed by atoms with Gasteiger partial charge in [0.05, 0.1) is 12.7 Å². The summed E-state index contributed by atoms with van der Waals surface area (Å²) >= 11 is 0. The quantitative estimate of drug-likeness (QED) is 0.399. The van der Waals surface area contributed by atoms with Gasteiger partial charge in [-0.3, -0.25) is 9.67 Å². The molecule has 0 spiro atoms. The summed E-state index contributed by atoms with van der Waals surface area (Å²) in [5.74, 6) is 0.595. The molecule has 1 aliphatic carbocycles. The number of nitrogens with zero attached hydrogens (tertiary/aromatic N) is 3. The fraction of sp³-hybridized carbons (Fsp3) is 0.444. The molecule has 2 N–H and O–H groups in total. The first-order chi connectivity index (χ1) is 11.6. The summed E-state index contributed by atoms with van der Waals surface area (Å²) in [6.07, 6.45) is 6.02. The van der Waals surface area contributed by atoms with E-state index in [0.29, 0.717) is 0 Å². The molecule has 1 aromatic heterocycles. The molecule has 0 aliphatic heterocycles. The summed E-state index contributed by atoms with van der Waals surface area (Å²) in [7, 11) is 1.76. The van der Waals surface area contributed by atoms with Gasteiger partial charge in [-0.05, 0) is 43.0 Å². The van der Waals surface area contributed by atoms with Gasteiger partial charge in [-0.2, -0.15) is 5.10 Å². The molecule has 2 aromatic rings. The highest BCUT2D eigenvalue weighted by Crippen LogP contribution is 2.47. The van der Waals surface area contributed by atoms with Crippen molar-refractivity contribution >= 4 is 29.9 Å². The van der Waals surface area contributed by atoms with Crippen LogP contribution >= 0.6 is 24.0 Å². The van der Waals surface area contributed by atoms with E-state index in [1.165, 1.54) is 6.07 Å². The van der Waals surface area contributed by atoms with Crippen LogP contribution < -0.4 is 10.6 Å². The smallest absolute Gasteiger partial charge is 0.191 e. The van der Waals surface area contributed by atoms with Crippen molar-refractivity contribution in [1.82, 2.24) is 20.4 Å². The Hall–Kier alpha value is -1.64. The monoisotopic (exact) mass is 457 g/mol. The Kier molecular flexibility index (Phi) is 6.80. The topological polar surface area (TPSA) is 54.2 Å². The first-order valence-electron chi connectivity index (χ1n) is 8.31. The Labute approximate surface area is 165 Å². The Morgan fingerprint density at radius 2 is 2.16 bits per heavy atom. The van der Waals surface area contributed by atoms with E-state index in [1.54, 1.807) is 19.2 Å². The van der Waals surface area contributed by atoms with Crippen molar-refractivity contribution in [3.63, 3.8) is 0 Å². The van der Waals surface area contributed by atoms with Gasteiger partial charge >= 0.3 is 0 Å². The highest BCUT2D eigenvalue weighted by atomic mass is 127. The van der Waals surface area contributed by atoms with E-state index in [2.05, 4.69) is 20.7 Å². The number of halogens is 2. The molecule has 1 aromatic carbocycles. The van der Waals surface area contributed by atoms with Crippen LogP contribution in [-0.4, -0.2) is 35.9 Å². The number of aliphatic imine (C=N–C) groups is 1. The number of rotatable bonds is 6. The average Bonchev–Trinajstić information content (AvgIpc) is 3.26. The molecule has 1 aliphatic rings. The summed E-state index contributed by atoms with van der Waals surface area (Å²) in [4.78, 5) is 4.26. The predicted octanol–water partition coefficient (Wildman–Crippen LogP) is 2.85. The first-order valence-corrected chi connectivity index (χ1v) is 8.31. The first kappa shape index (κ1) is 19.7. The maximum Gasteiger partial charge on any atom is 0.191 e. The second-order valence-corrected chi connectivity index (χ2v) is 6.42. The van der Waals surface area contributed by atoms with Crippen LogP contribution in [0.2, 0.25) is 0 Å². The molecule has 3 rings (SSSR count). The van der Waals surface area contributed by atoms with Gasteiger partial charge in [0, 0.05) is 31.7 Å². The van der Waals surface area contributed by atoms with Crippen LogP contribution in [0, 0.1) is 12.7 Å². The molecule has 0 unspecified atom stereocenters. The zero-order chi connectivity index (χ0) is 17.0. The minimum absolute atomic E-state index is 0. The number of hydrogen-bond donors (Lipinski definition) is 2. The lowest BCUT2D eigenvalue weighted by Gasteiger charge is -2.19. The molecule has 0 radical (unpaired) electrons.